The van der Waals surface area contributed by atoms with E-state index in [1.54, 1.807) is 0 Å². The summed E-state index contributed by atoms with van der Waals surface area (Å²) in [6.07, 6.45) is 48.9. The maximum Gasteiger partial charge on any atom is 0.472 e. The van der Waals surface area contributed by atoms with Crippen LogP contribution in [0.25, 0.3) is 0 Å². The third-order valence-corrected chi connectivity index (χ3v) is 18.3. The monoisotopic (exact) mass is 1300 g/mol. The van der Waals surface area contributed by atoms with Gasteiger partial charge < -0.3 is 33.8 Å². The van der Waals surface area contributed by atoms with Crippen LogP contribution in [0, 0.1) is 5.92 Å². The number of phosphoric ester groups is 2. The normalized spacial score (nSPS) is 14.4. The molecular formula is C69H134O17P2. The van der Waals surface area contributed by atoms with Crippen LogP contribution in [-0.2, 0) is 65.4 Å². The van der Waals surface area contributed by atoms with Gasteiger partial charge in [-0.2, -0.15) is 0 Å². The van der Waals surface area contributed by atoms with Crippen molar-refractivity contribution in [1.82, 2.24) is 0 Å². The Morgan fingerprint density at radius 2 is 0.545 bits per heavy atom. The molecule has 19 heteroatoms. The topological polar surface area (TPSA) is 237 Å². The van der Waals surface area contributed by atoms with Gasteiger partial charge in [-0.1, -0.05) is 304 Å². The van der Waals surface area contributed by atoms with Gasteiger partial charge in [0.25, 0.3) is 0 Å². The molecule has 0 aromatic carbocycles. The molecule has 0 heterocycles. The molecule has 0 saturated carbocycles. The van der Waals surface area contributed by atoms with Crippen molar-refractivity contribution in [2.24, 2.45) is 5.92 Å². The highest BCUT2D eigenvalue weighted by Crippen LogP contribution is 2.45. The van der Waals surface area contributed by atoms with Crippen molar-refractivity contribution in [2.75, 3.05) is 39.6 Å². The number of hydrogen-bond donors (Lipinski definition) is 3. The van der Waals surface area contributed by atoms with Gasteiger partial charge in [0.2, 0.25) is 0 Å². The van der Waals surface area contributed by atoms with Crippen LogP contribution in [-0.4, -0.2) is 96.7 Å². The molecule has 522 valence electrons. The van der Waals surface area contributed by atoms with E-state index in [1.165, 1.54) is 161 Å². The van der Waals surface area contributed by atoms with Gasteiger partial charge >= 0.3 is 39.5 Å². The molecule has 0 bridgehead atoms. The predicted octanol–water partition coefficient (Wildman–Crippen LogP) is 19.7. The second-order valence-corrected chi connectivity index (χ2v) is 28.1. The highest BCUT2D eigenvalue weighted by atomic mass is 31.2. The Morgan fingerprint density at radius 3 is 0.807 bits per heavy atom. The van der Waals surface area contributed by atoms with Gasteiger partial charge in [-0.25, -0.2) is 9.13 Å². The van der Waals surface area contributed by atoms with Crippen LogP contribution in [0.15, 0.2) is 0 Å². The minimum atomic E-state index is -4.95. The quantitative estimate of drug-likeness (QED) is 0.0222. The van der Waals surface area contributed by atoms with E-state index < -0.39 is 97.5 Å². The molecule has 0 spiro atoms. The van der Waals surface area contributed by atoms with Crippen LogP contribution in [0.1, 0.15) is 356 Å². The van der Waals surface area contributed by atoms with Gasteiger partial charge in [-0.3, -0.25) is 37.3 Å². The second-order valence-electron chi connectivity index (χ2n) is 25.2. The number of phosphoric acid groups is 2. The second kappa shape index (κ2) is 62.5. The van der Waals surface area contributed by atoms with Gasteiger partial charge in [0.1, 0.15) is 19.3 Å². The lowest BCUT2D eigenvalue weighted by Crippen LogP contribution is -2.30. The molecule has 6 atom stereocenters. The third kappa shape index (κ3) is 61.6. The molecule has 0 fully saturated rings. The Morgan fingerprint density at radius 1 is 0.318 bits per heavy atom. The van der Waals surface area contributed by atoms with Gasteiger partial charge in [0.15, 0.2) is 12.2 Å². The summed E-state index contributed by atoms with van der Waals surface area (Å²) in [5.41, 5.74) is 0. The fourth-order valence-electron chi connectivity index (χ4n) is 10.4. The molecule has 0 rings (SSSR count). The van der Waals surface area contributed by atoms with Crippen molar-refractivity contribution in [3.63, 3.8) is 0 Å². The first-order chi connectivity index (χ1) is 42.6. The van der Waals surface area contributed by atoms with E-state index in [9.17, 15) is 43.2 Å². The largest absolute Gasteiger partial charge is 0.472 e. The van der Waals surface area contributed by atoms with Gasteiger partial charge in [-0.15, -0.1) is 0 Å². The Bertz CT molecular complexity index is 1710. The highest BCUT2D eigenvalue weighted by molar-refractivity contribution is 7.47. The maximum absolute atomic E-state index is 13.0. The number of aliphatic hydroxyl groups is 1. The number of unbranched alkanes of at least 4 members (excludes halogenated alkanes) is 40. The van der Waals surface area contributed by atoms with E-state index >= 15 is 0 Å². The zero-order valence-corrected chi connectivity index (χ0v) is 58.6. The maximum atomic E-state index is 13.0. The minimum Gasteiger partial charge on any atom is -0.462 e. The van der Waals surface area contributed by atoms with Crippen molar-refractivity contribution in [3.05, 3.63) is 0 Å². The summed E-state index contributed by atoms with van der Waals surface area (Å²) in [7, 11) is -9.89. The molecule has 17 nitrogen and oxygen atoms in total. The number of carbonyl (C=O) groups excluding carboxylic acids is 4. The van der Waals surface area contributed by atoms with Crippen molar-refractivity contribution in [3.8, 4) is 0 Å². The van der Waals surface area contributed by atoms with Crippen LogP contribution in [0.3, 0.4) is 0 Å². The Hall–Kier alpha value is -1.94. The summed E-state index contributed by atoms with van der Waals surface area (Å²) in [5, 5.41) is 10.5. The lowest BCUT2D eigenvalue weighted by molar-refractivity contribution is -0.161. The van der Waals surface area contributed by atoms with Crippen molar-refractivity contribution in [1.29, 1.82) is 0 Å². The van der Waals surface area contributed by atoms with Crippen LogP contribution in [0.2, 0.25) is 0 Å². The molecule has 0 aliphatic carbocycles. The van der Waals surface area contributed by atoms with Gasteiger partial charge in [0, 0.05) is 25.7 Å². The molecule has 0 aromatic heterocycles. The first kappa shape index (κ1) is 86.1. The molecule has 3 N–H and O–H groups in total. The summed E-state index contributed by atoms with van der Waals surface area (Å²) in [6.45, 7) is 7.14. The van der Waals surface area contributed by atoms with Crippen LogP contribution >= 0.6 is 15.6 Å². The number of hydrogen-bond acceptors (Lipinski definition) is 15. The number of ether oxygens (including phenoxy) is 4. The summed E-state index contributed by atoms with van der Waals surface area (Å²) in [4.78, 5) is 72.2. The summed E-state index contributed by atoms with van der Waals surface area (Å²) >= 11 is 0. The van der Waals surface area contributed by atoms with Crippen LogP contribution < -0.4 is 0 Å². The molecule has 0 radical (unpaired) electrons. The molecule has 0 aliphatic heterocycles. The molecule has 3 unspecified atom stereocenters. The standard InChI is InChI=1S/C69H134O17P2/c1-6-10-13-16-19-21-23-24-25-26-27-28-29-30-31-32-33-35-38-45-50-55-69(74)86-65(59-80-67(72)53-48-43-40-39-41-46-51-62(5)9-4)61-84-88(77,78)82-57-63(70)56-81-87(75,76)83-60-64(58-79-66(71)52-47-42-36-18-15-12-8-3)85-68(73)54-49-44-37-34-22-20-17-14-11-7-2/h62-65,70H,6-61H2,1-5H3,(H,75,76)(H,77,78)/t62?,63-,64+,65+/m0/s1. The Kier molecular flexibility index (Phi) is 61.1. The Labute approximate surface area is 537 Å². The molecule has 0 saturated heterocycles. The van der Waals surface area contributed by atoms with Crippen molar-refractivity contribution >= 4 is 39.5 Å². The van der Waals surface area contributed by atoms with Crippen LogP contribution in [0.5, 0.6) is 0 Å². The fourth-order valence-corrected chi connectivity index (χ4v) is 12.0. The van der Waals surface area contributed by atoms with E-state index in [0.717, 1.165) is 115 Å². The van der Waals surface area contributed by atoms with Gasteiger partial charge in [0.05, 0.1) is 26.4 Å². The summed E-state index contributed by atoms with van der Waals surface area (Å²) < 4.78 is 68.0. The van der Waals surface area contributed by atoms with Crippen molar-refractivity contribution < 1.29 is 80.2 Å². The summed E-state index contributed by atoms with van der Waals surface area (Å²) in [5.74, 6) is -1.40. The average molecular weight is 1300 g/mol. The first-order valence-corrected chi connectivity index (χ1v) is 39.2. The lowest BCUT2D eigenvalue weighted by atomic mass is 10.00. The van der Waals surface area contributed by atoms with Crippen molar-refractivity contribution in [2.45, 2.75) is 374 Å². The fraction of sp³-hybridized carbons (Fsp3) is 0.942. The zero-order valence-electron chi connectivity index (χ0n) is 56.9. The summed E-state index contributed by atoms with van der Waals surface area (Å²) in [6, 6.07) is 0. The number of rotatable bonds is 69. The van der Waals surface area contributed by atoms with E-state index in [1.807, 2.05) is 0 Å². The first-order valence-electron chi connectivity index (χ1n) is 36.2. The van der Waals surface area contributed by atoms with E-state index in [0.29, 0.717) is 25.7 Å². The average Bonchev–Trinajstić information content (AvgIpc) is 3.55. The smallest absolute Gasteiger partial charge is 0.462 e. The highest BCUT2D eigenvalue weighted by Gasteiger charge is 2.30. The predicted molar refractivity (Wildman–Crippen MR) is 354 cm³/mol. The van der Waals surface area contributed by atoms with Gasteiger partial charge in [-0.05, 0) is 31.6 Å². The number of aliphatic hydroxyl groups excluding tert-OH is 1. The molecule has 88 heavy (non-hydrogen) atoms. The third-order valence-electron chi connectivity index (χ3n) is 16.4. The SMILES string of the molecule is CCCCCCCCCCCCCCCCCCCCCCCC(=O)O[C@H](COC(=O)CCCCCCCCC(C)CC)COP(=O)(O)OC[C@@H](O)COP(=O)(O)OC[C@@H](COC(=O)CCCCCCCCC)OC(=O)CCCCCCCCCCCC. The molecule has 0 amide bonds. The van der Waals surface area contributed by atoms with E-state index in [4.69, 9.17) is 37.0 Å². The van der Waals surface area contributed by atoms with E-state index in [-0.39, 0.29) is 25.7 Å². The molecule has 0 aromatic rings. The molecule has 0 aliphatic rings. The van der Waals surface area contributed by atoms with Crippen LogP contribution in [0.4, 0.5) is 0 Å². The number of carbonyl (C=O) groups is 4. The minimum absolute atomic E-state index is 0.106. The number of esters is 4. The Balaban J connectivity index is 5.11. The zero-order chi connectivity index (χ0) is 64.9. The van der Waals surface area contributed by atoms with E-state index in [2.05, 4.69) is 34.6 Å². The lowest BCUT2D eigenvalue weighted by Gasteiger charge is -2.21. The molecular weight excluding hydrogens is 1160 g/mol.